The number of allylic oxidation sites excluding steroid dienone is 1. The van der Waals surface area contributed by atoms with Gasteiger partial charge in [-0.25, -0.2) is 9.59 Å². The minimum absolute atomic E-state index is 0.112. The topological polar surface area (TPSA) is 95.1 Å². The van der Waals surface area contributed by atoms with Gasteiger partial charge in [0.05, 0.1) is 25.3 Å². The first-order chi connectivity index (χ1) is 15.0. The maximum absolute atomic E-state index is 12.7. The Kier molecular flexibility index (Phi) is 7.50. The van der Waals surface area contributed by atoms with Gasteiger partial charge in [0.25, 0.3) is 0 Å². The Morgan fingerprint density at radius 2 is 1.81 bits per heavy atom. The van der Waals surface area contributed by atoms with Crippen LogP contribution >= 0.6 is 0 Å². The molecule has 0 radical (unpaired) electrons. The van der Waals surface area contributed by atoms with Crippen LogP contribution in [0.2, 0.25) is 0 Å². The molecule has 1 aliphatic rings. The Bertz CT molecular complexity index is 958. The van der Waals surface area contributed by atoms with Crippen molar-refractivity contribution in [1.29, 1.82) is 0 Å². The van der Waals surface area contributed by atoms with E-state index < -0.39 is 18.0 Å². The van der Waals surface area contributed by atoms with Crippen molar-refractivity contribution in [3.05, 3.63) is 70.9 Å². The Balaban J connectivity index is 1.88. The van der Waals surface area contributed by atoms with E-state index in [2.05, 4.69) is 10.6 Å². The van der Waals surface area contributed by atoms with E-state index in [4.69, 9.17) is 18.9 Å². The molecule has 31 heavy (non-hydrogen) atoms. The second-order valence-electron chi connectivity index (χ2n) is 6.88. The summed E-state index contributed by atoms with van der Waals surface area (Å²) in [6.07, 6.45) is 0. The molecule has 0 spiro atoms. The molecule has 1 unspecified atom stereocenters. The van der Waals surface area contributed by atoms with Gasteiger partial charge in [-0.3, -0.25) is 0 Å². The van der Waals surface area contributed by atoms with Gasteiger partial charge in [0, 0.05) is 12.8 Å². The lowest BCUT2D eigenvalue weighted by atomic mass is 9.95. The van der Waals surface area contributed by atoms with Gasteiger partial charge < -0.3 is 29.6 Å². The van der Waals surface area contributed by atoms with Gasteiger partial charge >= 0.3 is 12.0 Å². The number of ether oxygens (including phenoxy) is 4. The number of amides is 2. The molecule has 1 heterocycles. The molecule has 0 fully saturated rings. The van der Waals surface area contributed by atoms with E-state index >= 15 is 0 Å². The second kappa shape index (κ2) is 10.5. The summed E-state index contributed by atoms with van der Waals surface area (Å²) < 4.78 is 21.6. The first-order valence-electron chi connectivity index (χ1n) is 9.82. The van der Waals surface area contributed by atoms with Gasteiger partial charge in [-0.05, 0) is 30.2 Å². The highest BCUT2D eigenvalue weighted by Gasteiger charge is 2.32. The molecule has 0 saturated carbocycles. The number of carbonyl (C=O) groups is 2. The Morgan fingerprint density at radius 1 is 1.03 bits per heavy atom. The first kappa shape index (κ1) is 22.2. The number of urea groups is 1. The van der Waals surface area contributed by atoms with Crippen molar-refractivity contribution in [1.82, 2.24) is 10.6 Å². The Hall–Kier alpha value is -3.52. The fraction of sp³-hybridized carbons (Fsp3) is 0.304. The largest absolute Gasteiger partial charge is 0.493 e. The van der Waals surface area contributed by atoms with Crippen LogP contribution in [0.15, 0.2) is 59.8 Å². The van der Waals surface area contributed by atoms with Crippen LogP contribution in [0, 0.1) is 0 Å². The van der Waals surface area contributed by atoms with Crippen molar-refractivity contribution < 1.29 is 28.5 Å². The van der Waals surface area contributed by atoms with Crippen molar-refractivity contribution >= 4 is 12.0 Å². The quantitative estimate of drug-likeness (QED) is 0.473. The minimum Gasteiger partial charge on any atom is -0.493 e. The lowest BCUT2D eigenvalue weighted by molar-refractivity contribution is -0.140. The summed E-state index contributed by atoms with van der Waals surface area (Å²) in [5, 5.41) is 5.41. The zero-order chi connectivity index (χ0) is 22.2. The molecule has 2 aromatic carbocycles. The highest BCUT2D eigenvalue weighted by atomic mass is 16.6. The second-order valence-corrected chi connectivity index (χ2v) is 6.88. The van der Waals surface area contributed by atoms with E-state index in [1.807, 2.05) is 30.3 Å². The maximum Gasteiger partial charge on any atom is 0.338 e. The average molecular weight is 426 g/mol. The normalized spacial score (nSPS) is 15.7. The van der Waals surface area contributed by atoms with Crippen molar-refractivity contribution in [3.63, 3.8) is 0 Å². The summed E-state index contributed by atoms with van der Waals surface area (Å²) in [6.45, 7) is 2.40. The molecule has 2 N–H and O–H groups in total. The van der Waals surface area contributed by atoms with Crippen molar-refractivity contribution in [2.24, 2.45) is 0 Å². The SMILES string of the molecule is COCCOC(=O)C1=C(C)NC(=O)NC1c1ccc(OC)c(OCc2ccccc2)c1. The minimum atomic E-state index is -0.700. The predicted molar refractivity (Wildman–Crippen MR) is 114 cm³/mol. The van der Waals surface area contributed by atoms with E-state index in [0.717, 1.165) is 5.56 Å². The van der Waals surface area contributed by atoms with E-state index in [0.29, 0.717) is 34.9 Å². The van der Waals surface area contributed by atoms with Crippen LogP contribution in [0.3, 0.4) is 0 Å². The van der Waals surface area contributed by atoms with Crippen LogP contribution in [0.1, 0.15) is 24.1 Å². The van der Waals surface area contributed by atoms with Crippen molar-refractivity contribution in [2.75, 3.05) is 27.4 Å². The molecule has 0 aromatic heterocycles. The molecule has 0 saturated heterocycles. The van der Waals surface area contributed by atoms with Gasteiger partial charge in [-0.15, -0.1) is 0 Å². The number of rotatable bonds is 9. The van der Waals surface area contributed by atoms with Crippen LogP contribution in [-0.2, 0) is 20.9 Å². The van der Waals surface area contributed by atoms with Crippen LogP contribution in [-0.4, -0.2) is 39.4 Å². The maximum atomic E-state index is 12.7. The Labute approximate surface area is 181 Å². The van der Waals surface area contributed by atoms with Crippen LogP contribution in [0.5, 0.6) is 11.5 Å². The number of esters is 1. The summed E-state index contributed by atoms with van der Waals surface area (Å²) >= 11 is 0. The third kappa shape index (κ3) is 5.55. The van der Waals surface area contributed by atoms with E-state index in [9.17, 15) is 9.59 Å². The fourth-order valence-electron chi connectivity index (χ4n) is 3.23. The summed E-state index contributed by atoms with van der Waals surface area (Å²) in [5.74, 6) is 0.515. The molecule has 8 heteroatoms. The summed E-state index contributed by atoms with van der Waals surface area (Å²) in [7, 11) is 3.08. The summed E-state index contributed by atoms with van der Waals surface area (Å²) in [6, 6.07) is 13.9. The molecular formula is C23H26N2O6. The average Bonchev–Trinajstić information content (AvgIpc) is 2.77. The molecule has 0 aliphatic carbocycles. The zero-order valence-electron chi connectivity index (χ0n) is 17.8. The Morgan fingerprint density at radius 3 is 2.52 bits per heavy atom. The summed E-state index contributed by atoms with van der Waals surface area (Å²) in [4.78, 5) is 24.8. The molecule has 3 rings (SSSR count). The molecule has 8 nitrogen and oxygen atoms in total. The number of nitrogens with one attached hydrogen (secondary N) is 2. The van der Waals surface area contributed by atoms with Crippen molar-refractivity contribution in [3.8, 4) is 11.5 Å². The monoisotopic (exact) mass is 426 g/mol. The first-order valence-corrected chi connectivity index (χ1v) is 9.82. The molecule has 1 atom stereocenters. The van der Waals surface area contributed by atoms with E-state index in [1.54, 1.807) is 32.2 Å². The predicted octanol–water partition coefficient (Wildman–Crippen LogP) is 3.09. The van der Waals surface area contributed by atoms with E-state index in [1.165, 1.54) is 7.11 Å². The number of carbonyl (C=O) groups excluding carboxylic acids is 2. The molecule has 2 aromatic rings. The molecule has 0 bridgehead atoms. The lowest BCUT2D eigenvalue weighted by Crippen LogP contribution is -2.45. The number of hydrogen-bond donors (Lipinski definition) is 2. The van der Waals surface area contributed by atoms with Crippen LogP contribution in [0.4, 0.5) is 4.79 Å². The number of benzene rings is 2. The smallest absolute Gasteiger partial charge is 0.338 e. The molecule has 164 valence electrons. The molecule has 2 amide bonds. The number of methoxy groups -OCH3 is 2. The standard InChI is InChI=1S/C23H26N2O6/c1-15-20(22(26)30-12-11-28-2)21(25-23(27)24-15)17-9-10-18(29-3)19(13-17)31-14-16-7-5-4-6-8-16/h4-10,13,21H,11-12,14H2,1-3H3,(H2,24,25,27). The van der Waals surface area contributed by atoms with E-state index in [-0.39, 0.29) is 13.2 Å². The molecular weight excluding hydrogens is 400 g/mol. The highest BCUT2D eigenvalue weighted by Crippen LogP contribution is 2.35. The summed E-state index contributed by atoms with van der Waals surface area (Å²) in [5.41, 5.74) is 2.41. The van der Waals surface area contributed by atoms with Gasteiger partial charge in [-0.1, -0.05) is 36.4 Å². The zero-order valence-corrected chi connectivity index (χ0v) is 17.8. The van der Waals surface area contributed by atoms with Gasteiger partial charge in [0.2, 0.25) is 0 Å². The lowest BCUT2D eigenvalue weighted by Gasteiger charge is -2.28. The van der Waals surface area contributed by atoms with Crippen LogP contribution in [0.25, 0.3) is 0 Å². The van der Waals surface area contributed by atoms with Gasteiger partial charge in [-0.2, -0.15) is 0 Å². The molecule has 1 aliphatic heterocycles. The van der Waals surface area contributed by atoms with Crippen molar-refractivity contribution in [2.45, 2.75) is 19.6 Å². The third-order valence-corrected chi connectivity index (χ3v) is 4.77. The highest BCUT2D eigenvalue weighted by molar-refractivity contribution is 5.95. The number of hydrogen-bond acceptors (Lipinski definition) is 6. The van der Waals surface area contributed by atoms with Gasteiger partial charge in [0.1, 0.15) is 13.2 Å². The third-order valence-electron chi connectivity index (χ3n) is 4.77. The fourth-order valence-corrected chi connectivity index (χ4v) is 3.23. The van der Waals surface area contributed by atoms with Gasteiger partial charge in [0.15, 0.2) is 11.5 Å². The van der Waals surface area contributed by atoms with Crippen LogP contribution < -0.4 is 20.1 Å².